The molecule has 0 radical (unpaired) electrons. The van der Waals surface area contributed by atoms with Gasteiger partial charge in [-0.2, -0.15) is 5.48 Å². The molecule has 1 rings (SSSR count). The minimum atomic E-state index is -0.566. The van der Waals surface area contributed by atoms with Gasteiger partial charge in [-0.3, -0.25) is 9.63 Å². The number of hydrogen-bond acceptors (Lipinski definition) is 6. The first-order valence-corrected chi connectivity index (χ1v) is 5.15. The highest BCUT2D eigenvalue weighted by molar-refractivity contribution is 5.74. The number of carbonyl (C=O) groups excluding carboxylic acids is 1. The van der Waals surface area contributed by atoms with Crippen LogP contribution in [-0.4, -0.2) is 31.8 Å². The predicted octanol–water partition coefficient (Wildman–Crippen LogP) is -0.0841. The number of benzene rings is 1. The molecule has 0 aliphatic rings. The minimum Gasteiger partial charge on any atom is -0.502 e. The van der Waals surface area contributed by atoms with Gasteiger partial charge < -0.3 is 20.3 Å². The van der Waals surface area contributed by atoms with Gasteiger partial charge in [-0.25, -0.2) is 0 Å². The highest BCUT2D eigenvalue weighted by atomic mass is 16.6. The van der Waals surface area contributed by atoms with Crippen LogP contribution in [0.4, 0.5) is 0 Å². The van der Waals surface area contributed by atoms with Crippen molar-refractivity contribution in [3.8, 4) is 17.2 Å². The molecule has 0 saturated heterocycles. The number of ether oxygens (including phenoxy) is 2. The molecular formula is C11H16N2O5. The maximum absolute atomic E-state index is 10.4. The van der Waals surface area contributed by atoms with Gasteiger partial charge in [0.2, 0.25) is 11.7 Å². The van der Waals surface area contributed by atoms with Crippen molar-refractivity contribution >= 4 is 5.91 Å². The molecule has 0 aliphatic heterocycles. The molecule has 0 fully saturated rings. The number of nitrogens with two attached hydrogens (primary N) is 1. The van der Waals surface area contributed by atoms with Gasteiger partial charge in [-0.1, -0.05) is 0 Å². The van der Waals surface area contributed by atoms with E-state index in [2.05, 4.69) is 5.48 Å². The molecule has 1 aromatic rings. The molecule has 0 unspecified atom stereocenters. The average Bonchev–Trinajstić information content (AvgIpc) is 2.35. The van der Waals surface area contributed by atoms with E-state index in [-0.39, 0.29) is 12.4 Å². The van der Waals surface area contributed by atoms with E-state index < -0.39 is 5.91 Å². The van der Waals surface area contributed by atoms with Crippen LogP contribution in [0.15, 0.2) is 12.1 Å². The number of phenolic OH excluding ortho intramolecular Hbond substituents is 1. The van der Waals surface area contributed by atoms with Crippen molar-refractivity contribution in [2.45, 2.75) is 6.54 Å². The van der Waals surface area contributed by atoms with Crippen LogP contribution in [0, 0.1) is 0 Å². The molecule has 0 atom stereocenters. The molecule has 0 heterocycles. The summed E-state index contributed by atoms with van der Waals surface area (Å²) in [4.78, 5) is 15.2. The Kier molecular flexibility index (Phi) is 5.22. The maximum atomic E-state index is 10.4. The summed E-state index contributed by atoms with van der Waals surface area (Å²) >= 11 is 0. The number of hydrogen-bond donors (Lipinski definition) is 3. The Morgan fingerprint density at radius 3 is 2.33 bits per heavy atom. The first kappa shape index (κ1) is 14.1. The Morgan fingerprint density at radius 1 is 1.33 bits per heavy atom. The average molecular weight is 256 g/mol. The number of nitrogens with one attached hydrogen (secondary N) is 1. The number of phenols is 1. The van der Waals surface area contributed by atoms with Crippen LogP contribution in [0.25, 0.3) is 0 Å². The van der Waals surface area contributed by atoms with E-state index in [9.17, 15) is 9.90 Å². The third-order valence-electron chi connectivity index (χ3n) is 2.13. The second kappa shape index (κ2) is 6.67. The van der Waals surface area contributed by atoms with Gasteiger partial charge in [0.15, 0.2) is 11.5 Å². The standard InChI is InChI=1S/C11H16N2O5/c1-16-8-3-7(4-9(17-2)11(8)15)5-13-18-6-10(12)14/h3-4,13,15H,5-6H2,1-2H3,(H2,12,14). The maximum Gasteiger partial charge on any atom is 0.245 e. The van der Waals surface area contributed by atoms with E-state index in [0.29, 0.717) is 18.0 Å². The van der Waals surface area contributed by atoms with Gasteiger partial charge in [0.05, 0.1) is 14.2 Å². The fraction of sp³-hybridized carbons (Fsp3) is 0.364. The zero-order valence-electron chi connectivity index (χ0n) is 10.2. The van der Waals surface area contributed by atoms with Gasteiger partial charge in [0, 0.05) is 6.54 Å². The zero-order chi connectivity index (χ0) is 13.5. The van der Waals surface area contributed by atoms with E-state index in [4.69, 9.17) is 20.0 Å². The van der Waals surface area contributed by atoms with Crippen LogP contribution in [0.5, 0.6) is 17.2 Å². The quantitative estimate of drug-likeness (QED) is 0.465. The molecular weight excluding hydrogens is 240 g/mol. The molecule has 0 spiro atoms. The summed E-state index contributed by atoms with van der Waals surface area (Å²) in [5.41, 5.74) is 8.22. The zero-order valence-corrected chi connectivity index (χ0v) is 10.2. The number of hydroxylamine groups is 1. The lowest BCUT2D eigenvalue weighted by Crippen LogP contribution is -2.24. The summed E-state index contributed by atoms with van der Waals surface area (Å²) in [7, 11) is 2.88. The van der Waals surface area contributed by atoms with Crippen molar-refractivity contribution in [1.82, 2.24) is 5.48 Å². The number of rotatable bonds is 7. The van der Waals surface area contributed by atoms with Crippen molar-refractivity contribution in [3.63, 3.8) is 0 Å². The molecule has 0 bridgehead atoms. The normalized spacial score (nSPS) is 10.1. The Morgan fingerprint density at radius 2 is 1.89 bits per heavy atom. The van der Waals surface area contributed by atoms with Crippen molar-refractivity contribution in [2.24, 2.45) is 5.73 Å². The molecule has 0 aromatic heterocycles. The highest BCUT2D eigenvalue weighted by Gasteiger charge is 2.10. The summed E-state index contributed by atoms with van der Waals surface area (Å²) in [6, 6.07) is 3.25. The molecule has 1 amide bonds. The SMILES string of the molecule is COc1cc(CNOCC(N)=O)cc(OC)c1O. The highest BCUT2D eigenvalue weighted by Crippen LogP contribution is 2.36. The molecule has 7 heteroatoms. The Bertz CT molecular complexity index is 397. The van der Waals surface area contributed by atoms with Crippen molar-refractivity contribution in [3.05, 3.63) is 17.7 Å². The number of carbonyl (C=O) groups is 1. The van der Waals surface area contributed by atoms with E-state index in [1.807, 2.05) is 0 Å². The summed E-state index contributed by atoms with van der Waals surface area (Å²) in [6.07, 6.45) is 0. The smallest absolute Gasteiger partial charge is 0.245 e. The molecule has 7 nitrogen and oxygen atoms in total. The molecule has 0 saturated carbocycles. The Labute approximate surface area is 104 Å². The van der Waals surface area contributed by atoms with E-state index in [1.165, 1.54) is 14.2 Å². The van der Waals surface area contributed by atoms with Crippen LogP contribution < -0.4 is 20.7 Å². The van der Waals surface area contributed by atoms with Crippen LogP contribution >= 0.6 is 0 Å². The second-order valence-electron chi connectivity index (χ2n) is 3.43. The van der Waals surface area contributed by atoms with Gasteiger partial charge in [0.1, 0.15) is 6.61 Å². The number of amides is 1. The van der Waals surface area contributed by atoms with Crippen LogP contribution in [0.2, 0.25) is 0 Å². The minimum absolute atomic E-state index is 0.0678. The fourth-order valence-corrected chi connectivity index (χ4v) is 1.31. The van der Waals surface area contributed by atoms with Crippen LogP contribution in [0.3, 0.4) is 0 Å². The number of methoxy groups -OCH3 is 2. The van der Waals surface area contributed by atoms with Crippen molar-refractivity contribution in [1.29, 1.82) is 0 Å². The van der Waals surface area contributed by atoms with E-state index in [1.54, 1.807) is 12.1 Å². The van der Waals surface area contributed by atoms with E-state index >= 15 is 0 Å². The van der Waals surface area contributed by atoms with Gasteiger partial charge in [0.25, 0.3) is 0 Å². The first-order chi connectivity index (χ1) is 8.58. The van der Waals surface area contributed by atoms with Crippen molar-refractivity contribution in [2.75, 3.05) is 20.8 Å². The largest absolute Gasteiger partial charge is 0.502 e. The van der Waals surface area contributed by atoms with Crippen LogP contribution in [-0.2, 0) is 16.2 Å². The van der Waals surface area contributed by atoms with Gasteiger partial charge in [-0.05, 0) is 17.7 Å². The number of primary amides is 1. The molecule has 0 aliphatic carbocycles. The monoisotopic (exact) mass is 256 g/mol. The van der Waals surface area contributed by atoms with Gasteiger partial charge in [-0.15, -0.1) is 0 Å². The van der Waals surface area contributed by atoms with E-state index in [0.717, 1.165) is 5.56 Å². The first-order valence-electron chi connectivity index (χ1n) is 5.15. The summed E-state index contributed by atoms with van der Waals surface area (Å²) in [5.74, 6) is -0.0488. The topological polar surface area (TPSA) is 103 Å². The second-order valence-corrected chi connectivity index (χ2v) is 3.43. The predicted molar refractivity (Wildman–Crippen MR) is 63.2 cm³/mol. The molecule has 18 heavy (non-hydrogen) atoms. The molecule has 100 valence electrons. The Balaban J connectivity index is 2.68. The Hall–Kier alpha value is -1.99. The third-order valence-corrected chi connectivity index (χ3v) is 2.13. The lowest BCUT2D eigenvalue weighted by molar-refractivity contribution is -0.125. The molecule has 1 aromatic carbocycles. The van der Waals surface area contributed by atoms with Crippen molar-refractivity contribution < 1.29 is 24.2 Å². The lowest BCUT2D eigenvalue weighted by atomic mass is 10.2. The molecule has 4 N–H and O–H groups in total. The van der Waals surface area contributed by atoms with Gasteiger partial charge >= 0.3 is 0 Å². The lowest BCUT2D eigenvalue weighted by Gasteiger charge is -2.11. The number of aromatic hydroxyl groups is 1. The summed E-state index contributed by atoms with van der Waals surface area (Å²) < 4.78 is 10.00. The summed E-state index contributed by atoms with van der Waals surface area (Å²) in [5, 5.41) is 9.69. The van der Waals surface area contributed by atoms with Crippen LogP contribution in [0.1, 0.15) is 5.56 Å². The fourth-order valence-electron chi connectivity index (χ4n) is 1.31. The third kappa shape index (κ3) is 3.79. The summed E-state index contributed by atoms with van der Waals surface area (Å²) in [6.45, 7) is 0.0899.